The maximum atomic E-state index is 9.20. The maximum Gasteiger partial charge on any atom is 0.284 e. The number of halogens is 1. The fraction of sp³-hybridized carbons (Fsp3) is 0. The smallest absolute Gasteiger partial charge is 0.284 e. The van der Waals surface area contributed by atoms with Crippen molar-refractivity contribution in [3.8, 4) is 5.88 Å². The van der Waals surface area contributed by atoms with Crippen molar-refractivity contribution in [1.29, 1.82) is 5.41 Å². The maximum absolute atomic E-state index is 9.20. The van der Waals surface area contributed by atoms with Gasteiger partial charge in [0.05, 0.1) is 0 Å². The zero-order valence-electron chi connectivity index (χ0n) is 7.94. The van der Waals surface area contributed by atoms with E-state index in [2.05, 4.69) is 42.9 Å². The molecule has 0 aliphatic heterocycles. The zero-order chi connectivity index (χ0) is 11.5. The van der Waals surface area contributed by atoms with Crippen molar-refractivity contribution >= 4 is 34.1 Å². The highest BCUT2D eigenvalue weighted by Gasteiger charge is 2.13. The topological polar surface area (TPSA) is 95.0 Å². The Bertz CT molecular complexity index is 526. The molecule has 0 fully saturated rings. The summed E-state index contributed by atoms with van der Waals surface area (Å²) in [5, 5.41) is 26.2. The number of nitrogens with one attached hydrogen (secondary N) is 2. The van der Waals surface area contributed by atoms with Crippen LogP contribution >= 0.6 is 22.6 Å². The predicted octanol–water partition coefficient (Wildman–Crippen LogP) is 1.82. The Hall–Kier alpha value is -1.64. The number of anilines is 1. The van der Waals surface area contributed by atoms with Gasteiger partial charge in [0, 0.05) is 9.26 Å². The SMILES string of the molecule is N=C(Nc1cccc(I)c1)c1nonc1O. The second-order valence-electron chi connectivity index (χ2n) is 2.95. The number of benzene rings is 1. The van der Waals surface area contributed by atoms with E-state index >= 15 is 0 Å². The molecular formula is C9H7IN4O2. The molecule has 0 unspecified atom stereocenters. The number of hydrogen-bond donors (Lipinski definition) is 3. The number of nitrogens with zero attached hydrogens (tertiary/aromatic N) is 2. The minimum absolute atomic E-state index is 0.0149. The predicted molar refractivity (Wildman–Crippen MR) is 65.6 cm³/mol. The minimum Gasteiger partial charge on any atom is -0.489 e. The van der Waals surface area contributed by atoms with E-state index in [1.807, 2.05) is 18.2 Å². The van der Waals surface area contributed by atoms with Crippen LogP contribution in [0.1, 0.15) is 5.69 Å². The van der Waals surface area contributed by atoms with Gasteiger partial charge in [-0.05, 0) is 51.1 Å². The molecule has 1 aromatic heterocycles. The molecule has 0 spiro atoms. The van der Waals surface area contributed by atoms with Gasteiger partial charge in [-0.25, -0.2) is 4.63 Å². The van der Waals surface area contributed by atoms with Crippen LogP contribution in [0, 0.1) is 8.98 Å². The summed E-state index contributed by atoms with van der Waals surface area (Å²) in [5.74, 6) is -0.469. The van der Waals surface area contributed by atoms with Crippen molar-refractivity contribution in [3.05, 3.63) is 33.5 Å². The van der Waals surface area contributed by atoms with Gasteiger partial charge in [-0.1, -0.05) is 6.07 Å². The van der Waals surface area contributed by atoms with Crippen LogP contribution in [0.25, 0.3) is 0 Å². The van der Waals surface area contributed by atoms with Gasteiger partial charge in [-0.15, -0.1) is 0 Å². The molecule has 7 heteroatoms. The number of rotatable bonds is 2. The average molecular weight is 330 g/mol. The van der Waals surface area contributed by atoms with Crippen molar-refractivity contribution in [2.75, 3.05) is 5.32 Å². The average Bonchev–Trinajstić information content (AvgIpc) is 2.64. The molecule has 82 valence electrons. The Morgan fingerprint density at radius 3 is 2.88 bits per heavy atom. The van der Waals surface area contributed by atoms with E-state index in [4.69, 9.17) is 5.41 Å². The lowest BCUT2D eigenvalue weighted by molar-refractivity contribution is 0.286. The lowest BCUT2D eigenvalue weighted by Crippen LogP contribution is -2.12. The molecule has 0 aliphatic rings. The molecule has 0 atom stereocenters. The summed E-state index contributed by atoms with van der Waals surface area (Å²) in [6.45, 7) is 0. The van der Waals surface area contributed by atoms with Gasteiger partial charge in [-0.2, -0.15) is 0 Å². The number of amidine groups is 1. The molecule has 3 N–H and O–H groups in total. The van der Waals surface area contributed by atoms with E-state index in [1.165, 1.54) is 0 Å². The molecule has 0 bridgehead atoms. The van der Waals surface area contributed by atoms with E-state index in [1.54, 1.807) is 6.07 Å². The lowest BCUT2D eigenvalue weighted by atomic mass is 10.3. The monoisotopic (exact) mass is 330 g/mol. The highest BCUT2D eigenvalue weighted by molar-refractivity contribution is 14.1. The first-order chi connectivity index (χ1) is 7.66. The number of hydrogen-bond acceptors (Lipinski definition) is 5. The van der Waals surface area contributed by atoms with Gasteiger partial charge >= 0.3 is 0 Å². The molecule has 2 rings (SSSR count). The Kier molecular flexibility index (Phi) is 3.04. The van der Waals surface area contributed by atoms with Crippen LogP contribution in [-0.2, 0) is 0 Å². The molecule has 0 saturated carbocycles. The molecule has 0 saturated heterocycles. The third kappa shape index (κ3) is 2.30. The third-order valence-electron chi connectivity index (χ3n) is 1.80. The second kappa shape index (κ2) is 4.47. The molecule has 0 radical (unpaired) electrons. The highest BCUT2D eigenvalue weighted by Crippen LogP contribution is 2.15. The van der Waals surface area contributed by atoms with E-state index in [0.29, 0.717) is 0 Å². The van der Waals surface area contributed by atoms with E-state index in [-0.39, 0.29) is 11.5 Å². The number of aromatic nitrogens is 2. The van der Waals surface area contributed by atoms with E-state index in [9.17, 15) is 5.11 Å². The fourth-order valence-corrected chi connectivity index (χ4v) is 1.65. The summed E-state index contributed by atoms with van der Waals surface area (Å²) in [7, 11) is 0. The van der Waals surface area contributed by atoms with Gasteiger partial charge in [-0.3, -0.25) is 5.41 Å². The van der Waals surface area contributed by atoms with Crippen molar-refractivity contribution in [3.63, 3.8) is 0 Å². The first kappa shape index (κ1) is 10.9. The summed E-state index contributed by atoms with van der Waals surface area (Å²) < 4.78 is 5.34. The van der Waals surface area contributed by atoms with E-state index in [0.717, 1.165) is 9.26 Å². The largest absolute Gasteiger partial charge is 0.489 e. The third-order valence-corrected chi connectivity index (χ3v) is 2.47. The molecule has 0 aliphatic carbocycles. The van der Waals surface area contributed by atoms with Crippen LogP contribution in [0.3, 0.4) is 0 Å². The van der Waals surface area contributed by atoms with Gasteiger partial charge in [0.2, 0.25) is 5.69 Å². The molecule has 6 nitrogen and oxygen atoms in total. The quantitative estimate of drug-likeness (QED) is 0.444. The minimum atomic E-state index is -0.400. The summed E-state index contributed by atoms with van der Waals surface area (Å²) in [5.41, 5.74) is 0.721. The van der Waals surface area contributed by atoms with Crippen LogP contribution in [0.5, 0.6) is 5.88 Å². The Balaban J connectivity index is 2.17. The first-order valence-corrected chi connectivity index (χ1v) is 5.38. The standard InChI is InChI=1S/C9H7IN4O2/c10-5-2-1-3-6(4-5)12-8(11)7-9(15)14-16-13-7/h1-4H,(H2,11,12)(H,14,15). The molecule has 2 aromatic rings. The van der Waals surface area contributed by atoms with Crippen LogP contribution in [0.4, 0.5) is 5.69 Å². The van der Waals surface area contributed by atoms with Crippen LogP contribution < -0.4 is 5.32 Å². The Labute approximate surface area is 104 Å². The summed E-state index contributed by atoms with van der Waals surface area (Å²) in [6, 6.07) is 7.46. The van der Waals surface area contributed by atoms with E-state index < -0.39 is 5.88 Å². The fourth-order valence-electron chi connectivity index (χ4n) is 1.11. The lowest BCUT2D eigenvalue weighted by Gasteiger charge is -2.04. The molecular weight excluding hydrogens is 323 g/mol. The summed E-state index contributed by atoms with van der Waals surface area (Å²) in [4.78, 5) is 0. The molecule has 1 heterocycles. The number of aromatic hydroxyl groups is 1. The van der Waals surface area contributed by atoms with Crippen LogP contribution in [-0.4, -0.2) is 21.3 Å². The summed E-state index contributed by atoms with van der Waals surface area (Å²) in [6.07, 6.45) is 0. The van der Waals surface area contributed by atoms with Crippen molar-refractivity contribution in [2.24, 2.45) is 0 Å². The Morgan fingerprint density at radius 1 is 1.44 bits per heavy atom. The van der Waals surface area contributed by atoms with Crippen LogP contribution in [0.15, 0.2) is 28.9 Å². The summed E-state index contributed by atoms with van der Waals surface area (Å²) >= 11 is 2.17. The highest BCUT2D eigenvalue weighted by atomic mass is 127. The van der Waals surface area contributed by atoms with Crippen LogP contribution in [0.2, 0.25) is 0 Å². The molecule has 16 heavy (non-hydrogen) atoms. The van der Waals surface area contributed by atoms with Crippen molar-refractivity contribution in [2.45, 2.75) is 0 Å². The van der Waals surface area contributed by atoms with Gasteiger partial charge in [0.15, 0.2) is 5.84 Å². The zero-order valence-corrected chi connectivity index (χ0v) is 10.1. The van der Waals surface area contributed by atoms with Gasteiger partial charge in [0.1, 0.15) is 0 Å². The van der Waals surface area contributed by atoms with Gasteiger partial charge in [0.25, 0.3) is 5.88 Å². The van der Waals surface area contributed by atoms with Crippen molar-refractivity contribution < 1.29 is 9.74 Å². The second-order valence-corrected chi connectivity index (χ2v) is 4.19. The van der Waals surface area contributed by atoms with Crippen molar-refractivity contribution in [1.82, 2.24) is 10.3 Å². The molecule has 0 amide bonds. The molecule has 1 aromatic carbocycles. The first-order valence-electron chi connectivity index (χ1n) is 4.30. The normalized spacial score (nSPS) is 10.1. The van der Waals surface area contributed by atoms with Gasteiger partial charge < -0.3 is 10.4 Å². The Morgan fingerprint density at radius 2 is 2.25 bits per heavy atom.